The molecule has 0 saturated heterocycles. The third-order valence-electron chi connectivity index (χ3n) is 5.73. The molecule has 0 aliphatic heterocycles. The molecule has 0 amide bonds. The number of hydrogen-bond acceptors (Lipinski definition) is 3. The molecule has 0 radical (unpaired) electrons. The molecule has 3 aromatic rings. The van der Waals surface area contributed by atoms with E-state index in [2.05, 4.69) is 74.4 Å². The van der Waals surface area contributed by atoms with E-state index in [4.69, 9.17) is 4.98 Å². The molecule has 0 unspecified atom stereocenters. The summed E-state index contributed by atoms with van der Waals surface area (Å²) in [7, 11) is 2.08. The van der Waals surface area contributed by atoms with Crippen molar-refractivity contribution in [3.05, 3.63) is 70.2 Å². The minimum absolute atomic E-state index is 0.559. The van der Waals surface area contributed by atoms with Crippen LogP contribution in [0.5, 0.6) is 0 Å². The summed E-state index contributed by atoms with van der Waals surface area (Å²) < 4.78 is 2.15. The van der Waals surface area contributed by atoms with Crippen molar-refractivity contribution in [2.75, 3.05) is 0 Å². The third-order valence-corrected chi connectivity index (χ3v) is 5.73. The Labute approximate surface area is 173 Å². The molecule has 29 heavy (non-hydrogen) atoms. The third kappa shape index (κ3) is 3.71. The van der Waals surface area contributed by atoms with Crippen molar-refractivity contribution in [1.29, 1.82) is 0 Å². The van der Waals surface area contributed by atoms with Gasteiger partial charge in [-0.1, -0.05) is 25.5 Å². The van der Waals surface area contributed by atoms with E-state index in [1.165, 1.54) is 39.1 Å². The summed E-state index contributed by atoms with van der Waals surface area (Å²) in [6.07, 6.45) is 9.80. The zero-order valence-electron chi connectivity index (χ0n) is 18.2. The standard InChI is InChI=1S/C25H29N4/c1-15(2)7-24-26-12-20(13-27-24)19-10-22-23(11-19)28-14-29(6)25(22)21-9-16(3)8-17(4)18(21)5/h8-9,11-15H,7,10H2,1-6H3/q+1. The van der Waals surface area contributed by atoms with Gasteiger partial charge in [-0.3, -0.25) is 0 Å². The van der Waals surface area contributed by atoms with Crippen LogP contribution in [0.4, 0.5) is 0 Å². The summed E-state index contributed by atoms with van der Waals surface area (Å²) >= 11 is 0. The number of benzene rings is 1. The van der Waals surface area contributed by atoms with Gasteiger partial charge in [0, 0.05) is 36.4 Å². The van der Waals surface area contributed by atoms with E-state index in [1.807, 2.05) is 18.7 Å². The average Bonchev–Trinajstić information content (AvgIpc) is 3.09. The van der Waals surface area contributed by atoms with Crippen LogP contribution in [0.15, 0.2) is 30.9 Å². The highest BCUT2D eigenvalue weighted by Crippen LogP contribution is 2.36. The highest BCUT2D eigenvalue weighted by atomic mass is 15.0. The second-order valence-electron chi connectivity index (χ2n) is 8.65. The fraction of sp³-hybridized carbons (Fsp3) is 0.360. The molecular formula is C25H29N4+. The van der Waals surface area contributed by atoms with Crippen LogP contribution in [0.2, 0.25) is 0 Å². The van der Waals surface area contributed by atoms with E-state index in [0.29, 0.717) is 5.92 Å². The lowest BCUT2D eigenvalue weighted by atomic mass is 9.94. The first-order valence-corrected chi connectivity index (χ1v) is 10.3. The Morgan fingerprint density at radius 2 is 1.76 bits per heavy atom. The van der Waals surface area contributed by atoms with Crippen LogP contribution in [-0.4, -0.2) is 15.0 Å². The van der Waals surface area contributed by atoms with Crippen molar-refractivity contribution >= 4 is 11.6 Å². The highest BCUT2D eigenvalue weighted by Gasteiger charge is 2.28. The van der Waals surface area contributed by atoms with Gasteiger partial charge >= 0.3 is 0 Å². The van der Waals surface area contributed by atoms with Crippen molar-refractivity contribution in [3.8, 4) is 11.3 Å². The molecule has 1 aromatic carbocycles. The summed E-state index contributed by atoms with van der Waals surface area (Å²) in [6.45, 7) is 10.9. The zero-order chi connectivity index (χ0) is 20.7. The van der Waals surface area contributed by atoms with Crippen LogP contribution in [0.25, 0.3) is 22.9 Å². The number of rotatable bonds is 4. The Morgan fingerprint density at radius 1 is 1.03 bits per heavy atom. The van der Waals surface area contributed by atoms with E-state index >= 15 is 0 Å². The Hall–Kier alpha value is -2.88. The first kappa shape index (κ1) is 19.4. The topological polar surface area (TPSA) is 42.5 Å². The number of hydrogen-bond donors (Lipinski definition) is 0. The van der Waals surface area contributed by atoms with Gasteiger partial charge in [0.2, 0.25) is 0 Å². The molecule has 1 aliphatic carbocycles. The summed E-state index contributed by atoms with van der Waals surface area (Å²) in [4.78, 5) is 13.9. The fourth-order valence-electron chi connectivity index (χ4n) is 4.14. The van der Waals surface area contributed by atoms with Gasteiger partial charge in [-0.25, -0.2) is 14.5 Å². The summed E-state index contributed by atoms with van der Waals surface area (Å²) in [5, 5.41) is 0. The van der Waals surface area contributed by atoms with Crippen molar-refractivity contribution in [2.24, 2.45) is 13.0 Å². The molecule has 4 rings (SSSR count). The minimum Gasteiger partial charge on any atom is -0.241 e. The van der Waals surface area contributed by atoms with Crippen LogP contribution in [-0.2, 0) is 19.9 Å². The van der Waals surface area contributed by atoms with Gasteiger partial charge in [-0.05, 0) is 60.5 Å². The number of fused-ring (bicyclic) bond motifs is 1. The lowest BCUT2D eigenvalue weighted by molar-refractivity contribution is -0.663. The van der Waals surface area contributed by atoms with E-state index in [9.17, 15) is 0 Å². The maximum Gasteiger partial charge on any atom is 0.287 e. The van der Waals surface area contributed by atoms with Gasteiger partial charge in [-0.15, -0.1) is 0 Å². The molecule has 2 aromatic heterocycles. The Bertz CT molecular complexity index is 1110. The molecule has 0 fully saturated rings. The van der Waals surface area contributed by atoms with Crippen LogP contribution in [0.1, 0.15) is 53.2 Å². The molecule has 2 heterocycles. The quantitative estimate of drug-likeness (QED) is 0.617. The minimum atomic E-state index is 0.559. The molecule has 0 saturated carbocycles. The normalized spacial score (nSPS) is 13.0. The zero-order valence-corrected chi connectivity index (χ0v) is 18.2. The molecule has 4 heteroatoms. The molecule has 0 spiro atoms. The van der Waals surface area contributed by atoms with Gasteiger partial charge < -0.3 is 0 Å². The number of aryl methyl sites for hydroxylation is 3. The SMILES string of the molecule is Cc1cc(C)c(C)c(-c2c3c(nc[n+]2C)C=C(c2cnc(CC(C)C)nc2)C3)c1. The van der Waals surface area contributed by atoms with Crippen LogP contribution >= 0.6 is 0 Å². The first-order chi connectivity index (χ1) is 13.8. The maximum atomic E-state index is 4.70. The second-order valence-corrected chi connectivity index (χ2v) is 8.65. The van der Waals surface area contributed by atoms with Crippen molar-refractivity contribution in [1.82, 2.24) is 15.0 Å². The van der Waals surface area contributed by atoms with Gasteiger partial charge in [-0.2, -0.15) is 0 Å². The summed E-state index contributed by atoms with van der Waals surface area (Å²) in [5.74, 6) is 1.47. The molecule has 148 valence electrons. The highest BCUT2D eigenvalue weighted by molar-refractivity contribution is 5.89. The van der Waals surface area contributed by atoms with E-state index < -0.39 is 0 Å². The lowest BCUT2D eigenvalue weighted by Crippen LogP contribution is -2.33. The summed E-state index contributed by atoms with van der Waals surface area (Å²) in [5.41, 5.74) is 11.1. The Morgan fingerprint density at radius 3 is 2.45 bits per heavy atom. The molecule has 0 N–H and O–H groups in total. The molecule has 0 bridgehead atoms. The van der Waals surface area contributed by atoms with Crippen molar-refractivity contribution in [3.63, 3.8) is 0 Å². The Balaban J connectivity index is 1.73. The first-order valence-electron chi connectivity index (χ1n) is 10.3. The average molecular weight is 386 g/mol. The van der Waals surface area contributed by atoms with Crippen LogP contribution in [0.3, 0.4) is 0 Å². The van der Waals surface area contributed by atoms with Crippen molar-refractivity contribution < 1.29 is 4.57 Å². The molecular weight excluding hydrogens is 356 g/mol. The number of nitrogens with zero attached hydrogens (tertiary/aromatic N) is 4. The van der Waals surface area contributed by atoms with E-state index in [1.54, 1.807) is 0 Å². The largest absolute Gasteiger partial charge is 0.287 e. The van der Waals surface area contributed by atoms with E-state index in [-0.39, 0.29) is 0 Å². The maximum absolute atomic E-state index is 4.70. The van der Waals surface area contributed by atoms with Gasteiger partial charge in [0.1, 0.15) is 11.5 Å². The van der Waals surface area contributed by atoms with Gasteiger partial charge in [0.05, 0.1) is 12.6 Å². The van der Waals surface area contributed by atoms with Crippen LogP contribution < -0.4 is 4.57 Å². The van der Waals surface area contributed by atoms with Crippen molar-refractivity contribution in [2.45, 2.75) is 47.5 Å². The smallest absolute Gasteiger partial charge is 0.241 e. The lowest BCUT2D eigenvalue weighted by Gasteiger charge is -2.13. The summed E-state index contributed by atoms with van der Waals surface area (Å²) in [6, 6.07) is 4.54. The van der Waals surface area contributed by atoms with Crippen LogP contribution in [0, 0.1) is 26.7 Å². The fourth-order valence-corrected chi connectivity index (χ4v) is 4.14. The Kier molecular flexibility index (Phi) is 5.03. The molecule has 1 aliphatic rings. The molecule has 0 atom stereocenters. The predicted octanol–water partition coefficient (Wildman–Crippen LogP) is 4.58. The van der Waals surface area contributed by atoms with E-state index in [0.717, 1.165) is 29.9 Å². The molecule has 4 nitrogen and oxygen atoms in total. The monoisotopic (exact) mass is 385 g/mol. The van der Waals surface area contributed by atoms with Gasteiger partial charge in [0.25, 0.3) is 6.33 Å². The number of allylic oxidation sites excluding steroid dienone is 1. The predicted molar refractivity (Wildman–Crippen MR) is 117 cm³/mol. The number of aromatic nitrogens is 4. The second kappa shape index (κ2) is 7.51. The van der Waals surface area contributed by atoms with Gasteiger partial charge in [0.15, 0.2) is 5.69 Å².